The maximum absolute atomic E-state index is 12.4. The monoisotopic (exact) mass is 410 g/mol. The number of nitrogen functional groups attached to an aromatic ring is 1. The van der Waals surface area contributed by atoms with Crippen LogP contribution in [0.1, 0.15) is 29.8 Å². The van der Waals surface area contributed by atoms with Crippen LogP contribution in [0.15, 0.2) is 51.4 Å². The van der Waals surface area contributed by atoms with E-state index in [1.54, 1.807) is 18.2 Å². The number of rotatable bonds is 3. The highest BCUT2D eigenvalue weighted by Gasteiger charge is 2.23. The van der Waals surface area contributed by atoms with Gasteiger partial charge in [0.15, 0.2) is 0 Å². The average molecular weight is 412 g/mol. The van der Waals surface area contributed by atoms with Crippen LogP contribution < -0.4 is 11.1 Å². The van der Waals surface area contributed by atoms with Gasteiger partial charge in [-0.05, 0) is 65.7 Å². The number of nitrogens with two attached hydrogens (primary N) is 1. The molecule has 0 heterocycles. The number of benzene rings is 2. The fraction of sp³-hybridized carbons (Fsp3) is 0.188. The van der Waals surface area contributed by atoms with Gasteiger partial charge >= 0.3 is 0 Å². The molecule has 0 unspecified atom stereocenters. The van der Waals surface area contributed by atoms with E-state index in [1.165, 1.54) is 0 Å². The summed E-state index contributed by atoms with van der Waals surface area (Å²) in [4.78, 5) is 12.4. The highest BCUT2D eigenvalue weighted by atomic mass is 79.9. The molecule has 2 rings (SSSR count). The van der Waals surface area contributed by atoms with Crippen LogP contribution >= 0.6 is 31.9 Å². The zero-order valence-electron chi connectivity index (χ0n) is 11.8. The van der Waals surface area contributed by atoms with Gasteiger partial charge in [0, 0.05) is 20.2 Å². The minimum Gasteiger partial charge on any atom is -0.398 e. The number of carbonyl (C=O) groups excluding carboxylic acids is 1. The first-order chi connectivity index (χ1) is 9.79. The molecule has 2 aromatic rings. The van der Waals surface area contributed by atoms with E-state index in [0.29, 0.717) is 11.3 Å². The van der Waals surface area contributed by atoms with Crippen LogP contribution in [0.5, 0.6) is 0 Å². The molecule has 2 aromatic carbocycles. The lowest BCUT2D eigenvalue weighted by atomic mass is 9.94. The standard InChI is InChI=1S/C16H16Br2N2O/c1-16(2,11-4-6-12(17)7-5-11)20-15(21)10-3-8-13(18)14(19)9-10/h3-9H,19H2,1-2H3,(H,20,21). The molecule has 0 saturated heterocycles. The zero-order valence-corrected chi connectivity index (χ0v) is 15.0. The molecular formula is C16H16Br2N2O. The molecule has 3 nitrogen and oxygen atoms in total. The van der Waals surface area contributed by atoms with Crippen LogP contribution in [-0.4, -0.2) is 5.91 Å². The third-order valence-electron chi connectivity index (χ3n) is 3.25. The molecule has 0 aliphatic rings. The molecule has 21 heavy (non-hydrogen) atoms. The third kappa shape index (κ3) is 3.86. The summed E-state index contributed by atoms with van der Waals surface area (Å²) < 4.78 is 1.79. The Labute approximate surface area is 141 Å². The summed E-state index contributed by atoms with van der Waals surface area (Å²) in [6.45, 7) is 3.94. The summed E-state index contributed by atoms with van der Waals surface area (Å²) >= 11 is 6.73. The van der Waals surface area contributed by atoms with Gasteiger partial charge < -0.3 is 11.1 Å². The second-order valence-corrected chi connectivity index (χ2v) is 7.09. The fourth-order valence-corrected chi connectivity index (χ4v) is 2.49. The Balaban J connectivity index is 2.21. The minimum absolute atomic E-state index is 0.151. The number of hydrogen-bond acceptors (Lipinski definition) is 2. The minimum atomic E-state index is -0.473. The Morgan fingerprint density at radius 3 is 2.29 bits per heavy atom. The molecule has 0 aliphatic carbocycles. The largest absolute Gasteiger partial charge is 0.398 e. The smallest absolute Gasteiger partial charge is 0.252 e. The Hall–Kier alpha value is -1.33. The van der Waals surface area contributed by atoms with Gasteiger partial charge in [0.05, 0.1) is 5.54 Å². The lowest BCUT2D eigenvalue weighted by Crippen LogP contribution is -2.41. The Morgan fingerprint density at radius 2 is 1.71 bits per heavy atom. The molecule has 0 spiro atoms. The van der Waals surface area contributed by atoms with Gasteiger partial charge in [0.2, 0.25) is 0 Å². The van der Waals surface area contributed by atoms with Crippen molar-refractivity contribution in [2.24, 2.45) is 0 Å². The third-order valence-corrected chi connectivity index (χ3v) is 4.50. The average Bonchev–Trinajstić information content (AvgIpc) is 2.41. The molecular weight excluding hydrogens is 396 g/mol. The first-order valence-electron chi connectivity index (χ1n) is 6.43. The second-order valence-electron chi connectivity index (χ2n) is 5.32. The number of carbonyl (C=O) groups is 1. The molecule has 0 aromatic heterocycles. The van der Waals surface area contributed by atoms with Crippen molar-refractivity contribution in [3.05, 3.63) is 62.5 Å². The SMILES string of the molecule is CC(C)(NC(=O)c1ccc(Br)c(N)c1)c1ccc(Br)cc1. The van der Waals surface area contributed by atoms with Gasteiger partial charge in [0.25, 0.3) is 5.91 Å². The van der Waals surface area contributed by atoms with E-state index < -0.39 is 5.54 Å². The molecule has 3 N–H and O–H groups in total. The molecule has 0 atom stereocenters. The molecule has 110 valence electrons. The topological polar surface area (TPSA) is 55.1 Å². The maximum Gasteiger partial charge on any atom is 0.252 e. The van der Waals surface area contributed by atoms with Gasteiger partial charge in [-0.1, -0.05) is 28.1 Å². The molecule has 0 bridgehead atoms. The summed E-state index contributed by atoms with van der Waals surface area (Å²) in [5.41, 5.74) is 7.46. The lowest BCUT2D eigenvalue weighted by Gasteiger charge is -2.27. The predicted octanol–water partition coefficient (Wildman–Crippen LogP) is 4.46. The van der Waals surface area contributed by atoms with Crippen LogP contribution in [0.2, 0.25) is 0 Å². The Kier molecular flexibility index (Phi) is 4.74. The number of hydrogen-bond donors (Lipinski definition) is 2. The van der Waals surface area contributed by atoms with E-state index in [9.17, 15) is 4.79 Å². The molecule has 0 aliphatic heterocycles. The van der Waals surface area contributed by atoms with Crippen LogP contribution in [0.25, 0.3) is 0 Å². The maximum atomic E-state index is 12.4. The molecule has 0 fully saturated rings. The fourth-order valence-electron chi connectivity index (χ4n) is 1.98. The van der Waals surface area contributed by atoms with Gasteiger partial charge in [-0.15, -0.1) is 0 Å². The lowest BCUT2D eigenvalue weighted by molar-refractivity contribution is 0.0912. The van der Waals surface area contributed by atoms with E-state index in [-0.39, 0.29) is 5.91 Å². The molecule has 0 saturated carbocycles. The highest BCUT2D eigenvalue weighted by molar-refractivity contribution is 9.10. The number of amides is 1. The van der Waals surface area contributed by atoms with Crippen molar-refractivity contribution in [1.29, 1.82) is 0 Å². The summed E-state index contributed by atoms with van der Waals surface area (Å²) in [5, 5.41) is 3.03. The van der Waals surface area contributed by atoms with Gasteiger partial charge in [-0.3, -0.25) is 4.79 Å². The highest BCUT2D eigenvalue weighted by Crippen LogP contribution is 2.24. The van der Waals surface area contributed by atoms with Crippen molar-refractivity contribution >= 4 is 43.5 Å². The Morgan fingerprint density at radius 1 is 1.10 bits per heavy atom. The quantitative estimate of drug-likeness (QED) is 0.732. The first-order valence-corrected chi connectivity index (χ1v) is 8.02. The molecule has 5 heteroatoms. The zero-order chi connectivity index (χ0) is 15.6. The number of anilines is 1. The van der Waals surface area contributed by atoms with E-state index in [1.807, 2.05) is 38.1 Å². The van der Waals surface area contributed by atoms with Crippen LogP contribution in [0.4, 0.5) is 5.69 Å². The summed E-state index contributed by atoms with van der Waals surface area (Å²) in [5.74, 6) is -0.151. The van der Waals surface area contributed by atoms with E-state index >= 15 is 0 Å². The summed E-state index contributed by atoms with van der Waals surface area (Å²) in [7, 11) is 0. The van der Waals surface area contributed by atoms with Crippen molar-refractivity contribution in [1.82, 2.24) is 5.32 Å². The van der Waals surface area contributed by atoms with E-state index in [4.69, 9.17) is 5.73 Å². The number of nitrogens with one attached hydrogen (secondary N) is 1. The van der Waals surface area contributed by atoms with Crippen molar-refractivity contribution in [3.63, 3.8) is 0 Å². The predicted molar refractivity (Wildman–Crippen MR) is 93.2 cm³/mol. The molecule has 0 radical (unpaired) electrons. The van der Waals surface area contributed by atoms with Crippen molar-refractivity contribution < 1.29 is 4.79 Å². The van der Waals surface area contributed by atoms with Gasteiger partial charge in [-0.2, -0.15) is 0 Å². The Bertz CT molecular complexity index is 666. The van der Waals surface area contributed by atoms with E-state index in [0.717, 1.165) is 14.5 Å². The summed E-state index contributed by atoms with van der Waals surface area (Å²) in [6.07, 6.45) is 0. The summed E-state index contributed by atoms with van der Waals surface area (Å²) in [6, 6.07) is 13.1. The van der Waals surface area contributed by atoms with Crippen molar-refractivity contribution in [2.45, 2.75) is 19.4 Å². The van der Waals surface area contributed by atoms with E-state index in [2.05, 4.69) is 37.2 Å². The normalized spacial score (nSPS) is 11.2. The number of halogens is 2. The first kappa shape index (κ1) is 16.0. The van der Waals surface area contributed by atoms with Crippen LogP contribution in [-0.2, 0) is 5.54 Å². The van der Waals surface area contributed by atoms with Crippen LogP contribution in [0, 0.1) is 0 Å². The van der Waals surface area contributed by atoms with Crippen molar-refractivity contribution in [2.75, 3.05) is 5.73 Å². The van der Waals surface area contributed by atoms with Crippen molar-refractivity contribution in [3.8, 4) is 0 Å². The molecule has 1 amide bonds. The van der Waals surface area contributed by atoms with Crippen LogP contribution in [0.3, 0.4) is 0 Å². The second kappa shape index (κ2) is 6.20. The van der Waals surface area contributed by atoms with Gasteiger partial charge in [0.1, 0.15) is 0 Å². The van der Waals surface area contributed by atoms with Gasteiger partial charge in [-0.25, -0.2) is 0 Å².